The maximum absolute atomic E-state index is 12.5. The number of hydrogen-bond donors (Lipinski definition) is 1. The quantitative estimate of drug-likeness (QED) is 0.917. The van der Waals surface area contributed by atoms with Crippen molar-refractivity contribution in [2.75, 3.05) is 0 Å². The molecule has 1 aromatic carbocycles. The van der Waals surface area contributed by atoms with Crippen molar-refractivity contribution in [2.24, 2.45) is 0 Å². The zero-order valence-electron chi connectivity index (χ0n) is 10.7. The number of fused-ring (bicyclic) bond motifs is 1. The van der Waals surface area contributed by atoms with Crippen LogP contribution in [0.4, 0.5) is 13.2 Å². The molecular weight excluding hydrogens is 267 g/mol. The highest BCUT2D eigenvalue weighted by atomic mass is 19.4. The predicted molar refractivity (Wildman–Crippen MR) is 68.0 cm³/mol. The second kappa shape index (κ2) is 4.94. The molecule has 106 valence electrons. The summed E-state index contributed by atoms with van der Waals surface area (Å²) < 4.78 is 39.5. The molecule has 0 radical (unpaired) electrons. The van der Waals surface area contributed by atoms with Crippen LogP contribution in [0.3, 0.4) is 0 Å². The predicted octanol–water partition coefficient (Wildman–Crippen LogP) is 2.62. The summed E-state index contributed by atoms with van der Waals surface area (Å²) in [5.74, 6) is 0. The molecule has 1 aliphatic heterocycles. The minimum atomic E-state index is -4.27. The lowest BCUT2D eigenvalue weighted by Crippen LogP contribution is -2.39. The van der Waals surface area contributed by atoms with E-state index in [0.29, 0.717) is 6.42 Å². The van der Waals surface area contributed by atoms with E-state index in [1.54, 1.807) is 18.5 Å². The van der Waals surface area contributed by atoms with E-state index < -0.39 is 11.7 Å². The number of benzene rings is 1. The van der Waals surface area contributed by atoms with Crippen molar-refractivity contribution in [3.8, 4) is 0 Å². The number of aromatic nitrogens is 2. The molecule has 3 rings (SSSR count). The summed E-state index contributed by atoms with van der Waals surface area (Å²) in [7, 11) is 0. The van der Waals surface area contributed by atoms with E-state index in [2.05, 4.69) is 14.9 Å². The van der Waals surface area contributed by atoms with Gasteiger partial charge in [-0.15, -0.1) is 0 Å². The maximum Gasteiger partial charge on any atom is 0.416 e. The summed E-state index contributed by atoms with van der Waals surface area (Å²) in [5.41, 5.74) is 1.43. The summed E-state index contributed by atoms with van der Waals surface area (Å²) in [5, 5.41) is 3.37. The van der Waals surface area contributed by atoms with Crippen LogP contribution in [0.1, 0.15) is 16.8 Å². The molecule has 0 amide bonds. The molecule has 1 aliphatic rings. The van der Waals surface area contributed by atoms with Crippen LogP contribution in [-0.4, -0.2) is 15.6 Å². The largest absolute Gasteiger partial charge is 0.416 e. The average molecular weight is 281 g/mol. The van der Waals surface area contributed by atoms with E-state index in [1.165, 1.54) is 0 Å². The number of nitrogens with zero attached hydrogens (tertiary/aromatic N) is 2. The van der Waals surface area contributed by atoms with Crippen molar-refractivity contribution in [1.82, 2.24) is 14.9 Å². The van der Waals surface area contributed by atoms with Gasteiger partial charge in [-0.1, -0.05) is 12.1 Å². The molecule has 2 heterocycles. The van der Waals surface area contributed by atoms with Crippen molar-refractivity contribution in [1.29, 1.82) is 0 Å². The van der Waals surface area contributed by atoms with E-state index in [0.717, 1.165) is 36.5 Å². The number of hydrogen-bond acceptors (Lipinski definition) is 2. The molecule has 0 aliphatic carbocycles. The molecule has 0 saturated carbocycles. The first kappa shape index (κ1) is 13.2. The fourth-order valence-corrected chi connectivity index (χ4v) is 2.46. The monoisotopic (exact) mass is 281 g/mol. The summed E-state index contributed by atoms with van der Waals surface area (Å²) in [6, 6.07) is 5.59. The van der Waals surface area contributed by atoms with Crippen LogP contribution in [0, 0.1) is 0 Å². The van der Waals surface area contributed by atoms with Crippen molar-refractivity contribution in [2.45, 2.75) is 31.7 Å². The van der Waals surface area contributed by atoms with E-state index in [-0.39, 0.29) is 6.04 Å². The molecule has 1 aromatic heterocycles. The highest BCUT2D eigenvalue weighted by molar-refractivity contribution is 5.25. The number of imidazole rings is 1. The molecule has 3 nitrogen and oxygen atoms in total. The second-order valence-corrected chi connectivity index (χ2v) is 5.01. The standard InChI is InChI=1S/C14H14F3N3/c15-14(16,17)11-3-1-10(2-4-11)5-12-8-20-9-18-6-13(20)7-19-12/h1-4,6,9,12,19H,5,7-8H2. The second-order valence-electron chi connectivity index (χ2n) is 5.01. The third kappa shape index (κ3) is 2.70. The van der Waals surface area contributed by atoms with Gasteiger partial charge in [-0.3, -0.25) is 0 Å². The van der Waals surface area contributed by atoms with Gasteiger partial charge in [-0.25, -0.2) is 4.98 Å². The molecule has 6 heteroatoms. The van der Waals surface area contributed by atoms with E-state index in [1.807, 2.05) is 6.20 Å². The van der Waals surface area contributed by atoms with Crippen LogP contribution >= 0.6 is 0 Å². The van der Waals surface area contributed by atoms with Gasteiger partial charge in [0, 0.05) is 25.3 Å². The van der Waals surface area contributed by atoms with Crippen LogP contribution < -0.4 is 5.32 Å². The molecule has 1 N–H and O–H groups in total. The fraction of sp³-hybridized carbons (Fsp3) is 0.357. The van der Waals surface area contributed by atoms with Crippen LogP contribution in [0.15, 0.2) is 36.8 Å². The Labute approximate surface area is 114 Å². The minimum Gasteiger partial charge on any atom is -0.332 e. The van der Waals surface area contributed by atoms with Crippen LogP contribution in [0.2, 0.25) is 0 Å². The van der Waals surface area contributed by atoms with Gasteiger partial charge in [0.05, 0.1) is 17.6 Å². The Morgan fingerprint density at radius 2 is 2.00 bits per heavy atom. The first-order valence-corrected chi connectivity index (χ1v) is 6.41. The molecule has 1 unspecified atom stereocenters. The molecular formula is C14H14F3N3. The van der Waals surface area contributed by atoms with Gasteiger partial charge in [0.25, 0.3) is 0 Å². The number of nitrogens with one attached hydrogen (secondary N) is 1. The highest BCUT2D eigenvalue weighted by Gasteiger charge is 2.30. The highest BCUT2D eigenvalue weighted by Crippen LogP contribution is 2.29. The van der Waals surface area contributed by atoms with E-state index >= 15 is 0 Å². The lowest BCUT2D eigenvalue weighted by molar-refractivity contribution is -0.137. The van der Waals surface area contributed by atoms with E-state index in [4.69, 9.17) is 0 Å². The topological polar surface area (TPSA) is 29.9 Å². The summed E-state index contributed by atoms with van der Waals surface area (Å²) in [6.45, 7) is 1.53. The lowest BCUT2D eigenvalue weighted by atomic mass is 10.0. The molecule has 0 bridgehead atoms. The number of halogens is 3. The Morgan fingerprint density at radius 1 is 1.25 bits per heavy atom. The average Bonchev–Trinajstić information content (AvgIpc) is 2.86. The molecule has 20 heavy (non-hydrogen) atoms. The van der Waals surface area contributed by atoms with Gasteiger partial charge in [0.1, 0.15) is 0 Å². The normalized spacial score (nSPS) is 18.9. The first-order valence-electron chi connectivity index (χ1n) is 6.41. The zero-order chi connectivity index (χ0) is 14.2. The Bertz CT molecular complexity index is 586. The van der Waals surface area contributed by atoms with Gasteiger partial charge >= 0.3 is 6.18 Å². The molecule has 0 saturated heterocycles. The fourth-order valence-electron chi connectivity index (χ4n) is 2.46. The van der Waals surface area contributed by atoms with Crippen LogP contribution in [0.5, 0.6) is 0 Å². The first-order chi connectivity index (χ1) is 9.52. The van der Waals surface area contributed by atoms with Gasteiger partial charge in [0.2, 0.25) is 0 Å². The summed E-state index contributed by atoms with van der Waals surface area (Å²) >= 11 is 0. The van der Waals surface area contributed by atoms with Crippen LogP contribution in [-0.2, 0) is 25.7 Å². The number of rotatable bonds is 2. The third-order valence-corrected chi connectivity index (χ3v) is 3.55. The Morgan fingerprint density at radius 3 is 2.70 bits per heavy atom. The van der Waals surface area contributed by atoms with E-state index in [9.17, 15) is 13.2 Å². The van der Waals surface area contributed by atoms with Gasteiger partial charge in [-0.05, 0) is 24.1 Å². The zero-order valence-corrected chi connectivity index (χ0v) is 10.7. The Kier molecular flexibility index (Phi) is 3.25. The Balaban J connectivity index is 1.67. The van der Waals surface area contributed by atoms with Crippen molar-refractivity contribution in [3.63, 3.8) is 0 Å². The lowest BCUT2D eigenvalue weighted by Gasteiger charge is -2.25. The van der Waals surface area contributed by atoms with Gasteiger partial charge in [-0.2, -0.15) is 13.2 Å². The van der Waals surface area contributed by atoms with Gasteiger partial charge in [0.15, 0.2) is 0 Å². The summed E-state index contributed by atoms with van der Waals surface area (Å²) in [6.07, 6.45) is 0.0420. The Hall–Kier alpha value is -1.82. The summed E-state index contributed by atoms with van der Waals surface area (Å²) in [4.78, 5) is 4.08. The maximum atomic E-state index is 12.5. The minimum absolute atomic E-state index is 0.216. The van der Waals surface area contributed by atoms with Gasteiger partial charge < -0.3 is 9.88 Å². The van der Waals surface area contributed by atoms with Crippen molar-refractivity contribution < 1.29 is 13.2 Å². The molecule has 0 fully saturated rings. The molecule has 2 aromatic rings. The smallest absolute Gasteiger partial charge is 0.332 e. The third-order valence-electron chi connectivity index (χ3n) is 3.55. The number of alkyl halides is 3. The SMILES string of the molecule is FC(F)(F)c1ccc(CC2Cn3cncc3CN2)cc1. The molecule has 0 spiro atoms. The van der Waals surface area contributed by atoms with Crippen LogP contribution in [0.25, 0.3) is 0 Å². The van der Waals surface area contributed by atoms with Crippen molar-refractivity contribution >= 4 is 0 Å². The van der Waals surface area contributed by atoms with Crippen molar-refractivity contribution in [3.05, 3.63) is 53.6 Å². The molecule has 1 atom stereocenters.